The zero-order valence-electron chi connectivity index (χ0n) is 27.4. The number of hydrogen-bond acceptors (Lipinski definition) is 2. The smallest absolute Gasteiger partial charge is 0.143 e. The third-order valence-corrected chi connectivity index (χ3v) is 8.40. The number of rotatable bonds is 11. The first kappa shape index (κ1) is 32.1. The second kappa shape index (κ2) is 15.1. The Kier molecular flexibility index (Phi) is 10.5. The molecule has 4 aromatic rings. The van der Waals surface area contributed by atoms with Crippen LogP contribution in [0.15, 0.2) is 182 Å². The summed E-state index contributed by atoms with van der Waals surface area (Å²) >= 11 is 0. The lowest BCUT2D eigenvalue weighted by Gasteiger charge is -2.39. The van der Waals surface area contributed by atoms with E-state index in [1.807, 2.05) is 31.2 Å². The molecule has 0 saturated carbocycles. The molecule has 0 aromatic heterocycles. The largest absolute Gasteiger partial charge is 0.460 e. The molecule has 230 valence electrons. The van der Waals surface area contributed by atoms with E-state index >= 15 is 0 Å². The van der Waals surface area contributed by atoms with Crippen molar-refractivity contribution in [1.29, 1.82) is 0 Å². The molecule has 1 aliphatic carbocycles. The standard InChI is InChI=1S/C44H43NO/c1-7-32(3)39-29-40(37-22-14-10-15-23-37)31-41(30-39)45(44-27-19-18-26-42(44)38-24-16-11-17-25-38)43(8-2)35(6)46-34(5)28-33(4)36-20-12-9-13-21-36/h7-31,42,44H,4,6H2,1-3,5H3/b32-7+,34-28+,43-8+. The average Bonchev–Trinajstić information content (AvgIpc) is 3.11. The molecule has 0 spiro atoms. The van der Waals surface area contributed by atoms with E-state index in [1.165, 1.54) is 22.3 Å². The molecule has 2 nitrogen and oxygen atoms in total. The summed E-state index contributed by atoms with van der Waals surface area (Å²) < 4.78 is 6.49. The van der Waals surface area contributed by atoms with Crippen LogP contribution in [0.2, 0.25) is 0 Å². The first-order valence-corrected chi connectivity index (χ1v) is 15.9. The van der Waals surface area contributed by atoms with Crippen LogP contribution in [-0.4, -0.2) is 6.04 Å². The Balaban J connectivity index is 1.63. The third-order valence-electron chi connectivity index (χ3n) is 8.40. The van der Waals surface area contributed by atoms with Crippen molar-refractivity contribution in [3.63, 3.8) is 0 Å². The summed E-state index contributed by atoms with van der Waals surface area (Å²) in [7, 11) is 0. The molecular weight excluding hydrogens is 558 g/mol. The predicted octanol–water partition coefficient (Wildman–Crippen LogP) is 11.9. The monoisotopic (exact) mass is 601 g/mol. The van der Waals surface area contributed by atoms with Gasteiger partial charge in [-0.2, -0.15) is 0 Å². The minimum atomic E-state index is -0.0349. The Hall–Kier alpha value is -5.34. The lowest BCUT2D eigenvalue weighted by atomic mass is 9.86. The molecule has 0 aliphatic heterocycles. The molecular formula is C44H43NO. The predicted molar refractivity (Wildman–Crippen MR) is 198 cm³/mol. The maximum Gasteiger partial charge on any atom is 0.143 e. The summed E-state index contributed by atoms with van der Waals surface area (Å²) in [6.45, 7) is 17.0. The number of hydrogen-bond donors (Lipinski definition) is 0. The normalized spacial score (nSPS) is 16.7. The van der Waals surface area contributed by atoms with Crippen molar-refractivity contribution < 1.29 is 4.74 Å². The van der Waals surface area contributed by atoms with Crippen molar-refractivity contribution in [3.8, 4) is 11.1 Å². The second-order valence-corrected chi connectivity index (χ2v) is 11.5. The lowest BCUT2D eigenvalue weighted by molar-refractivity contribution is 0.315. The summed E-state index contributed by atoms with van der Waals surface area (Å²) in [4.78, 5) is 2.39. The van der Waals surface area contributed by atoms with Crippen LogP contribution in [0.1, 0.15) is 50.3 Å². The minimum absolute atomic E-state index is 0.0349. The van der Waals surface area contributed by atoms with Crippen LogP contribution in [0.3, 0.4) is 0 Å². The van der Waals surface area contributed by atoms with Crippen LogP contribution in [0.25, 0.3) is 22.3 Å². The molecule has 0 saturated heterocycles. The number of nitrogens with zero attached hydrogens (tertiary/aromatic N) is 1. The zero-order chi connectivity index (χ0) is 32.5. The molecule has 0 amide bonds. The van der Waals surface area contributed by atoms with Gasteiger partial charge in [0.05, 0.1) is 11.7 Å². The SMILES string of the molecule is C=C(O/C(C)=C/C(=C)c1ccccc1)/C(=C\C)N(c1cc(/C(C)=C/C)cc(-c2ccccc2)c1)C1C=CC=CC1c1ccccc1. The first-order valence-electron chi connectivity index (χ1n) is 15.9. The number of allylic oxidation sites excluding steroid dienone is 8. The summed E-state index contributed by atoms with van der Waals surface area (Å²) in [5, 5.41) is 0. The van der Waals surface area contributed by atoms with Gasteiger partial charge in [-0.05, 0) is 90.9 Å². The quantitative estimate of drug-likeness (QED) is 0.125. The molecule has 5 rings (SSSR count). The zero-order valence-corrected chi connectivity index (χ0v) is 27.4. The van der Waals surface area contributed by atoms with Crippen LogP contribution in [0.4, 0.5) is 5.69 Å². The van der Waals surface area contributed by atoms with Gasteiger partial charge in [0.15, 0.2) is 0 Å². The molecule has 0 heterocycles. The van der Waals surface area contributed by atoms with Crippen LogP contribution >= 0.6 is 0 Å². The fourth-order valence-electron chi connectivity index (χ4n) is 5.93. The summed E-state index contributed by atoms with van der Waals surface area (Å²) in [6.07, 6.45) is 15.1. The van der Waals surface area contributed by atoms with Crippen LogP contribution in [0.5, 0.6) is 0 Å². The fourth-order valence-corrected chi connectivity index (χ4v) is 5.93. The Bertz CT molecular complexity index is 1820. The van der Waals surface area contributed by atoms with Gasteiger partial charge in [0.1, 0.15) is 11.5 Å². The van der Waals surface area contributed by atoms with E-state index in [4.69, 9.17) is 4.74 Å². The Morgan fingerprint density at radius 1 is 0.696 bits per heavy atom. The van der Waals surface area contributed by atoms with Gasteiger partial charge in [-0.3, -0.25) is 0 Å². The van der Waals surface area contributed by atoms with Gasteiger partial charge in [-0.25, -0.2) is 0 Å². The van der Waals surface area contributed by atoms with Gasteiger partial charge in [-0.15, -0.1) is 0 Å². The molecule has 0 radical (unpaired) electrons. The second-order valence-electron chi connectivity index (χ2n) is 11.5. The van der Waals surface area contributed by atoms with Gasteiger partial charge < -0.3 is 9.64 Å². The van der Waals surface area contributed by atoms with Gasteiger partial charge >= 0.3 is 0 Å². The van der Waals surface area contributed by atoms with Crippen LogP contribution < -0.4 is 4.90 Å². The highest BCUT2D eigenvalue weighted by molar-refractivity contribution is 5.78. The summed E-state index contributed by atoms with van der Waals surface area (Å²) in [6, 6.07) is 38.2. The minimum Gasteiger partial charge on any atom is -0.460 e. The van der Waals surface area contributed by atoms with E-state index in [1.54, 1.807) is 0 Å². The maximum atomic E-state index is 6.49. The van der Waals surface area contributed by atoms with E-state index in [0.717, 1.165) is 33.8 Å². The lowest BCUT2D eigenvalue weighted by Crippen LogP contribution is -2.39. The summed E-state index contributed by atoms with van der Waals surface area (Å²) in [5.41, 5.74) is 9.87. The Labute approximate surface area is 275 Å². The van der Waals surface area contributed by atoms with E-state index in [-0.39, 0.29) is 12.0 Å². The maximum absolute atomic E-state index is 6.49. The highest BCUT2D eigenvalue weighted by atomic mass is 16.5. The van der Waals surface area contributed by atoms with E-state index in [2.05, 4.69) is 166 Å². The Morgan fingerprint density at radius 3 is 1.98 bits per heavy atom. The van der Waals surface area contributed by atoms with Gasteiger partial charge in [0, 0.05) is 11.6 Å². The van der Waals surface area contributed by atoms with E-state index < -0.39 is 0 Å². The molecule has 0 bridgehead atoms. The van der Waals surface area contributed by atoms with Gasteiger partial charge in [0.25, 0.3) is 0 Å². The molecule has 1 aliphatic rings. The van der Waals surface area contributed by atoms with Crippen molar-refractivity contribution >= 4 is 16.8 Å². The van der Waals surface area contributed by atoms with E-state index in [0.29, 0.717) is 5.76 Å². The fraction of sp³-hybridized carbons (Fsp3) is 0.136. The molecule has 0 fully saturated rings. The van der Waals surface area contributed by atoms with Crippen molar-refractivity contribution in [2.24, 2.45) is 0 Å². The number of benzene rings is 4. The van der Waals surface area contributed by atoms with Crippen LogP contribution in [-0.2, 0) is 4.74 Å². The van der Waals surface area contributed by atoms with Crippen molar-refractivity contribution in [3.05, 3.63) is 199 Å². The van der Waals surface area contributed by atoms with E-state index in [9.17, 15) is 0 Å². The van der Waals surface area contributed by atoms with Gasteiger partial charge in [0.2, 0.25) is 0 Å². The Morgan fingerprint density at radius 2 is 1.33 bits per heavy atom. The van der Waals surface area contributed by atoms with Crippen molar-refractivity contribution in [2.45, 2.75) is 39.7 Å². The number of ether oxygens (including phenoxy) is 1. The molecule has 2 atom stereocenters. The van der Waals surface area contributed by atoms with Crippen LogP contribution in [0, 0.1) is 0 Å². The molecule has 2 heteroatoms. The highest BCUT2D eigenvalue weighted by Gasteiger charge is 2.31. The molecule has 4 aromatic carbocycles. The summed E-state index contributed by atoms with van der Waals surface area (Å²) in [5.74, 6) is 1.40. The average molecular weight is 602 g/mol. The first-order chi connectivity index (χ1) is 22.4. The van der Waals surface area contributed by atoms with Gasteiger partial charge in [-0.1, -0.05) is 141 Å². The highest BCUT2D eigenvalue weighted by Crippen LogP contribution is 2.39. The molecule has 46 heavy (non-hydrogen) atoms. The third kappa shape index (κ3) is 7.47. The van der Waals surface area contributed by atoms with Crippen molar-refractivity contribution in [1.82, 2.24) is 0 Å². The van der Waals surface area contributed by atoms with Crippen molar-refractivity contribution in [2.75, 3.05) is 4.90 Å². The topological polar surface area (TPSA) is 12.5 Å². The molecule has 0 N–H and O–H groups in total. The molecule has 2 unspecified atom stereocenters. The number of anilines is 1.